The molecule has 16 heavy (non-hydrogen) atoms. The molecule has 0 amide bonds. The van der Waals surface area contributed by atoms with Crippen LogP contribution >= 0.6 is 0 Å². The highest BCUT2D eigenvalue weighted by molar-refractivity contribution is 4.91. The topological polar surface area (TPSA) is 37.9 Å². The smallest absolute Gasteiger partial charge is 0.293 e. The summed E-state index contributed by atoms with van der Waals surface area (Å²) in [5, 5.41) is 0. The summed E-state index contributed by atoms with van der Waals surface area (Å²) in [5.74, 6) is 0. The van der Waals surface area contributed by atoms with E-state index in [1.165, 1.54) is 44.9 Å². The number of rotatable bonds is 10. The van der Waals surface area contributed by atoms with Gasteiger partial charge >= 0.3 is 0 Å². The lowest BCUT2D eigenvalue weighted by Crippen LogP contribution is -1.98. The maximum atomic E-state index is 5.42. The molecule has 0 saturated carbocycles. The maximum absolute atomic E-state index is 5.42. The van der Waals surface area contributed by atoms with Gasteiger partial charge in [-0.2, -0.15) is 0 Å². The van der Waals surface area contributed by atoms with Crippen molar-refractivity contribution in [2.75, 3.05) is 6.61 Å². The Hall–Kier alpha value is -0.990. The van der Waals surface area contributed by atoms with Gasteiger partial charge in [0.25, 0.3) is 6.01 Å². The summed E-state index contributed by atoms with van der Waals surface area (Å²) in [6.07, 6.45) is 14.1. The van der Waals surface area contributed by atoms with Crippen molar-refractivity contribution in [2.45, 2.75) is 58.3 Å². The van der Waals surface area contributed by atoms with Crippen LogP contribution in [0.25, 0.3) is 0 Å². The molecule has 3 heteroatoms. The fourth-order valence-electron chi connectivity index (χ4n) is 1.73. The van der Waals surface area contributed by atoms with Crippen LogP contribution in [0.15, 0.2) is 12.4 Å². The number of unbranched alkanes of at least 4 members (excludes halogenated alkanes) is 7. The molecule has 1 N–H and O–H groups in total. The first-order valence-corrected chi connectivity index (χ1v) is 6.55. The second kappa shape index (κ2) is 9.25. The van der Waals surface area contributed by atoms with Crippen molar-refractivity contribution < 1.29 is 4.74 Å². The van der Waals surface area contributed by atoms with Crippen LogP contribution in [0, 0.1) is 0 Å². The van der Waals surface area contributed by atoms with E-state index in [1.807, 2.05) is 0 Å². The van der Waals surface area contributed by atoms with Crippen molar-refractivity contribution >= 4 is 0 Å². The quantitative estimate of drug-likeness (QED) is 0.611. The Morgan fingerprint density at radius 1 is 1.06 bits per heavy atom. The molecule has 0 saturated heterocycles. The Morgan fingerprint density at radius 2 is 1.75 bits per heavy atom. The van der Waals surface area contributed by atoms with E-state index in [2.05, 4.69) is 16.9 Å². The first-order chi connectivity index (χ1) is 7.93. The Balaban J connectivity index is 1.78. The lowest BCUT2D eigenvalue weighted by molar-refractivity contribution is 0.284. The molecule has 1 aromatic heterocycles. The average Bonchev–Trinajstić information content (AvgIpc) is 2.80. The van der Waals surface area contributed by atoms with Crippen LogP contribution in [0.3, 0.4) is 0 Å². The summed E-state index contributed by atoms with van der Waals surface area (Å²) in [4.78, 5) is 6.94. The first-order valence-electron chi connectivity index (χ1n) is 6.55. The summed E-state index contributed by atoms with van der Waals surface area (Å²) >= 11 is 0. The molecule has 0 spiro atoms. The van der Waals surface area contributed by atoms with Gasteiger partial charge in [0.15, 0.2) is 0 Å². The molecule has 0 aliphatic rings. The van der Waals surface area contributed by atoms with Crippen LogP contribution in [0.2, 0.25) is 0 Å². The first kappa shape index (κ1) is 13.1. The Morgan fingerprint density at radius 3 is 2.38 bits per heavy atom. The molecule has 3 nitrogen and oxygen atoms in total. The number of hydrogen-bond acceptors (Lipinski definition) is 2. The van der Waals surface area contributed by atoms with Crippen molar-refractivity contribution in [3.05, 3.63) is 12.4 Å². The lowest BCUT2D eigenvalue weighted by Gasteiger charge is -2.02. The highest BCUT2D eigenvalue weighted by Crippen LogP contribution is 2.08. The fraction of sp³-hybridized carbons (Fsp3) is 0.769. The molecule has 1 rings (SSSR count). The van der Waals surface area contributed by atoms with Crippen LogP contribution < -0.4 is 4.74 Å². The zero-order valence-electron chi connectivity index (χ0n) is 10.4. The maximum Gasteiger partial charge on any atom is 0.293 e. The number of ether oxygens (including phenoxy) is 1. The van der Waals surface area contributed by atoms with Crippen molar-refractivity contribution in [3.8, 4) is 6.01 Å². The number of nitrogens with one attached hydrogen (secondary N) is 1. The van der Waals surface area contributed by atoms with Gasteiger partial charge in [-0.1, -0.05) is 51.9 Å². The molecule has 0 aliphatic heterocycles. The molecule has 0 atom stereocenters. The van der Waals surface area contributed by atoms with E-state index in [0.717, 1.165) is 13.0 Å². The second-order valence-corrected chi connectivity index (χ2v) is 4.22. The minimum atomic E-state index is 0.642. The molecule has 0 unspecified atom stereocenters. The predicted molar refractivity (Wildman–Crippen MR) is 66.7 cm³/mol. The highest BCUT2D eigenvalue weighted by atomic mass is 16.5. The van der Waals surface area contributed by atoms with Gasteiger partial charge in [-0.3, -0.25) is 0 Å². The van der Waals surface area contributed by atoms with Crippen molar-refractivity contribution in [1.29, 1.82) is 0 Å². The van der Waals surface area contributed by atoms with Gasteiger partial charge < -0.3 is 9.72 Å². The number of hydrogen-bond donors (Lipinski definition) is 1. The molecule has 0 fully saturated rings. The molecule has 92 valence electrons. The van der Waals surface area contributed by atoms with Crippen molar-refractivity contribution in [1.82, 2.24) is 9.97 Å². The van der Waals surface area contributed by atoms with Gasteiger partial charge in [0.05, 0.1) is 6.61 Å². The Bertz CT molecular complexity index is 234. The van der Waals surface area contributed by atoms with Gasteiger partial charge in [-0.05, 0) is 6.42 Å². The van der Waals surface area contributed by atoms with Crippen LogP contribution in [0.1, 0.15) is 58.3 Å². The van der Waals surface area contributed by atoms with E-state index in [0.29, 0.717) is 6.01 Å². The Labute approximate surface area is 98.6 Å². The van der Waals surface area contributed by atoms with Crippen LogP contribution in [0.5, 0.6) is 6.01 Å². The summed E-state index contributed by atoms with van der Waals surface area (Å²) in [6, 6.07) is 0.642. The van der Waals surface area contributed by atoms with Gasteiger partial charge in [0, 0.05) is 12.4 Å². The molecule has 1 aromatic rings. The lowest BCUT2D eigenvalue weighted by atomic mass is 10.1. The average molecular weight is 224 g/mol. The van der Waals surface area contributed by atoms with Crippen molar-refractivity contribution in [2.24, 2.45) is 0 Å². The monoisotopic (exact) mass is 224 g/mol. The highest BCUT2D eigenvalue weighted by Gasteiger charge is 1.95. The van der Waals surface area contributed by atoms with Gasteiger partial charge in [0.2, 0.25) is 0 Å². The summed E-state index contributed by atoms with van der Waals surface area (Å²) in [6.45, 7) is 3.04. The van der Waals surface area contributed by atoms with E-state index in [4.69, 9.17) is 4.74 Å². The van der Waals surface area contributed by atoms with Gasteiger partial charge in [-0.15, -0.1) is 0 Å². The van der Waals surface area contributed by atoms with Crippen LogP contribution in [0.4, 0.5) is 0 Å². The SMILES string of the molecule is CCCCCCCCCCOc1ncc[nH]1. The van der Waals surface area contributed by atoms with E-state index in [1.54, 1.807) is 12.4 Å². The minimum Gasteiger partial charge on any atom is -0.465 e. The molecule has 0 aliphatic carbocycles. The molecule has 0 aromatic carbocycles. The Kier molecular flexibility index (Phi) is 7.56. The third-order valence-electron chi connectivity index (χ3n) is 2.71. The van der Waals surface area contributed by atoms with E-state index < -0.39 is 0 Å². The van der Waals surface area contributed by atoms with Crippen molar-refractivity contribution in [3.63, 3.8) is 0 Å². The number of aromatic nitrogens is 2. The molecular weight excluding hydrogens is 200 g/mol. The summed E-state index contributed by atoms with van der Waals surface area (Å²) < 4.78 is 5.42. The molecule has 1 heterocycles. The van der Waals surface area contributed by atoms with E-state index in [-0.39, 0.29) is 0 Å². The fourth-order valence-corrected chi connectivity index (χ4v) is 1.73. The minimum absolute atomic E-state index is 0.642. The largest absolute Gasteiger partial charge is 0.465 e. The number of nitrogens with zero attached hydrogens (tertiary/aromatic N) is 1. The van der Waals surface area contributed by atoms with Crippen LogP contribution in [-0.4, -0.2) is 16.6 Å². The van der Waals surface area contributed by atoms with Gasteiger partial charge in [-0.25, -0.2) is 4.98 Å². The molecule has 0 radical (unpaired) electrons. The third kappa shape index (κ3) is 6.49. The zero-order valence-corrected chi connectivity index (χ0v) is 10.4. The molecule has 0 bridgehead atoms. The zero-order chi connectivity index (χ0) is 11.5. The standard InChI is InChI=1S/C13H24N2O/c1-2-3-4-5-6-7-8-9-12-16-13-14-10-11-15-13/h10-11H,2-9,12H2,1H3,(H,14,15). The number of H-pyrrole nitrogens is 1. The number of imidazole rings is 1. The summed E-state index contributed by atoms with van der Waals surface area (Å²) in [7, 11) is 0. The molecular formula is C13H24N2O. The summed E-state index contributed by atoms with van der Waals surface area (Å²) in [5.41, 5.74) is 0. The van der Waals surface area contributed by atoms with Crippen LogP contribution in [-0.2, 0) is 0 Å². The number of aromatic amines is 1. The van der Waals surface area contributed by atoms with E-state index in [9.17, 15) is 0 Å². The predicted octanol–water partition coefficient (Wildman–Crippen LogP) is 3.93. The normalized spacial score (nSPS) is 10.6. The third-order valence-corrected chi connectivity index (χ3v) is 2.71. The second-order valence-electron chi connectivity index (χ2n) is 4.22. The van der Waals surface area contributed by atoms with Gasteiger partial charge in [0.1, 0.15) is 0 Å². The van der Waals surface area contributed by atoms with E-state index >= 15 is 0 Å².